The van der Waals surface area contributed by atoms with Gasteiger partial charge in [-0.15, -0.1) is 0 Å². The van der Waals surface area contributed by atoms with E-state index in [2.05, 4.69) is 20.8 Å². The number of rotatable bonds is 13. The van der Waals surface area contributed by atoms with Crippen LogP contribution in [0.5, 0.6) is 0 Å². The molecule has 0 saturated heterocycles. The summed E-state index contributed by atoms with van der Waals surface area (Å²) in [6, 6.07) is 0. The van der Waals surface area contributed by atoms with Crippen LogP contribution in [0.25, 0.3) is 0 Å². The van der Waals surface area contributed by atoms with E-state index < -0.39 is 38.3 Å². The fourth-order valence-corrected chi connectivity index (χ4v) is 8.58. The minimum absolute atomic E-state index is 0.609. The van der Waals surface area contributed by atoms with Gasteiger partial charge in [0.1, 0.15) is 0 Å². The molecule has 0 aliphatic rings. The number of halogens is 3. The Bertz CT molecular complexity index is 614. The Labute approximate surface area is 174 Å². The maximum Gasteiger partial charge on any atom is 0.522 e. The monoisotopic (exact) mass is 489 g/mol. The van der Waals surface area contributed by atoms with Gasteiger partial charge in [-0.3, -0.25) is 9.11 Å². The van der Waals surface area contributed by atoms with Crippen LogP contribution in [0, 0.1) is 0 Å². The third-order valence-corrected chi connectivity index (χ3v) is 11.6. The summed E-state index contributed by atoms with van der Waals surface area (Å²) in [5.74, 6) is 0. The van der Waals surface area contributed by atoms with E-state index in [1.165, 1.54) is 57.0 Å². The first kappa shape index (κ1) is 31.2. The predicted octanol–water partition coefficient (Wildman–Crippen LogP) is 5.46. The van der Waals surface area contributed by atoms with Crippen molar-refractivity contribution >= 4 is 27.5 Å². The molecular formula is C17H37F3O6PS2+. The highest BCUT2D eigenvalue weighted by atomic mass is 32.2. The smallest absolute Gasteiger partial charge is 0.285 e. The SMILES string of the molecule is CCCC[P+](CCCC)(CCCC)CCC(C)S(=O)(=O)O.O=S(=O)(O)C(F)(F)F. The van der Waals surface area contributed by atoms with Crippen molar-refractivity contribution in [2.45, 2.75) is 83.4 Å². The fraction of sp³-hybridized carbons (Fsp3) is 1.00. The highest BCUT2D eigenvalue weighted by Gasteiger charge is 2.44. The first-order valence-electron chi connectivity index (χ1n) is 9.91. The molecule has 0 radical (unpaired) electrons. The lowest BCUT2D eigenvalue weighted by Crippen LogP contribution is -2.21. The predicted molar refractivity (Wildman–Crippen MR) is 114 cm³/mol. The van der Waals surface area contributed by atoms with Crippen LogP contribution in [0.4, 0.5) is 13.2 Å². The second-order valence-corrected chi connectivity index (χ2v) is 15.1. The molecule has 0 aliphatic carbocycles. The summed E-state index contributed by atoms with van der Waals surface area (Å²) >= 11 is 0. The summed E-state index contributed by atoms with van der Waals surface area (Å²) in [5, 5.41) is -0.609. The minimum atomic E-state index is -5.84. The van der Waals surface area contributed by atoms with Crippen LogP contribution in [-0.4, -0.2) is 61.3 Å². The summed E-state index contributed by atoms with van der Waals surface area (Å²) in [7, 11) is -10.8. The molecule has 12 heteroatoms. The summed E-state index contributed by atoms with van der Waals surface area (Å²) in [5.41, 5.74) is -5.53. The molecule has 178 valence electrons. The van der Waals surface area contributed by atoms with Gasteiger partial charge in [-0.05, 0) is 32.6 Å². The molecule has 0 fully saturated rings. The zero-order chi connectivity index (χ0) is 23.4. The van der Waals surface area contributed by atoms with Crippen molar-refractivity contribution in [2.75, 3.05) is 24.6 Å². The standard InChI is InChI=1S/C16H35O3PS.CHF3O3S/c1-5-8-12-20(13-9-6-2,14-10-7-3)15-11-16(4)21(17,18)19;2-1(3,4)8(5,6)7/h16H,5-15H2,1-4H3;(H,5,6,7)/p+1. The summed E-state index contributed by atoms with van der Waals surface area (Å²) < 4.78 is 89.3. The Kier molecular flexibility index (Phi) is 15.3. The molecule has 0 spiro atoms. The van der Waals surface area contributed by atoms with Gasteiger partial charge in [0, 0.05) is 7.26 Å². The molecule has 0 amide bonds. The highest BCUT2D eigenvalue weighted by molar-refractivity contribution is 7.86. The lowest BCUT2D eigenvalue weighted by atomic mass is 10.4. The molecule has 1 unspecified atom stereocenters. The number of unbranched alkanes of at least 4 members (excludes halogenated alkanes) is 3. The molecule has 0 aromatic heterocycles. The van der Waals surface area contributed by atoms with Gasteiger partial charge in [0.25, 0.3) is 10.1 Å². The molecule has 1 atom stereocenters. The van der Waals surface area contributed by atoms with Gasteiger partial charge < -0.3 is 0 Å². The number of alkyl halides is 3. The van der Waals surface area contributed by atoms with Crippen LogP contribution in [0.3, 0.4) is 0 Å². The van der Waals surface area contributed by atoms with Crippen molar-refractivity contribution in [1.29, 1.82) is 0 Å². The van der Waals surface area contributed by atoms with Gasteiger partial charge in [0.05, 0.1) is 29.9 Å². The minimum Gasteiger partial charge on any atom is -0.285 e. The van der Waals surface area contributed by atoms with Crippen molar-refractivity contribution < 1.29 is 39.1 Å². The van der Waals surface area contributed by atoms with Crippen LogP contribution >= 0.6 is 7.26 Å². The van der Waals surface area contributed by atoms with E-state index in [0.29, 0.717) is 6.42 Å². The summed E-state index contributed by atoms with van der Waals surface area (Å²) in [6.45, 7) is 8.34. The normalized spacial score (nSPS) is 14.2. The van der Waals surface area contributed by atoms with Crippen molar-refractivity contribution in [3.05, 3.63) is 0 Å². The molecule has 0 aromatic rings. The Hall–Kier alpha value is 0.0400. The van der Waals surface area contributed by atoms with Gasteiger partial charge in [0.15, 0.2) is 0 Å². The summed E-state index contributed by atoms with van der Waals surface area (Å²) in [6.07, 6.45) is 13.0. The Morgan fingerprint density at radius 1 is 0.793 bits per heavy atom. The first-order chi connectivity index (χ1) is 13.1. The van der Waals surface area contributed by atoms with Crippen LogP contribution in [0.15, 0.2) is 0 Å². The van der Waals surface area contributed by atoms with Crippen molar-refractivity contribution in [2.24, 2.45) is 0 Å². The van der Waals surface area contributed by atoms with Gasteiger partial charge in [-0.25, -0.2) is 0 Å². The fourth-order valence-electron chi connectivity index (χ4n) is 2.76. The van der Waals surface area contributed by atoms with Crippen molar-refractivity contribution in [3.8, 4) is 0 Å². The molecule has 0 rings (SSSR count). The lowest BCUT2D eigenvalue weighted by molar-refractivity contribution is -0.0510. The maximum atomic E-state index is 11.3. The molecular weight excluding hydrogens is 452 g/mol. The molecule has 0 bridgehead atoms. The van der Waals surface area contributed by atoms with E-state index >= 15 is 0 Å². The van der Waals surface area contributed by atoms with Crippen LogP contribution < -0.4 is 0 Å². The van der Waals surface area contributed by atoms with Gasteiger partial charge in [-0.1, -0.05) is 40.0 Å². The molecule has 29 heavy (non-hydrogen) atoms. The number of hydrogen-bond donors (Lipinski definition) is 2. The molecule has 0 aromatic carbocycles. The largest absolute Gasteiger partial charge is 0.522 e. The first-order valence-corrected chi connectivity index (χ1v) is 15.4. The second-order valence-electron chi connectivity index (χ2n) is 7.33. The van der Waals surface area contributed by atoms with Crippen LogP contribution in [0.1, 0.15) is 72.6 Å². The molecule has 0 saturated carbocycles. The molecule has 0 heterocycles. The van der Waals surface area contributed by atoms with Gasteiger partial charge in [0.2, 0.25) is 0 Å². The lowest BCUT2D eigenvalue weighted by Gasteiger charge is -2.28. The van der Waals surface area contributed by atoms with Crippen molar-refractivity contribution in [3.63, 3.8) is 0 Å². The van der Waals surface area contributed by atoms with Crippen LogP contribution in [0.2, 0.25) is 0 Å². The Balaban J connectivity index is 0. The molecule has 6 nitrogen and oxygen atoms in total. The zero-order valence-electron chi connectivity index (χ0n) is 17.8. The van der Waals surface area contributed by atoms with E-state index in [1.54, 1.807) is 6.92 Å². The average Bonchev–Trinajstić information content (AvgIpc) is 2.58. The van der Waals surface area contributed by atoms with E-state index in [1.807, 2.05) is 0 Å². The second kappa shape index (κ2) is 14.2. The van der Waals surface area contributed by atoms with Gasteiger partial charge in [-0.2, -0.15) is 30.0 Å². The summed E-state index contributed by atoms with van der Waals surface area (Å²) in [4.78, 5) is 0. The highest BCUT2D eigenvalue weighted by Crippen LogP contribution is 2.61. The quantitative estimate of drug-likeness (QED) is 0.202. The third-order valence-electron chi connectivity index (χ3n) is 4.77. The Morgan fingerprint density at radius 2 is 1.10 bits per heavy atom. The average molecular weight is 490 g/mol. The van der Waals surface area contributed by atoms with E-state index in [4.69, 9.17) is 13.0 Å². The molecule has 0 aliphatic heterocycles. The topological polar surface area (TPSA) is 109 Å². The Morgan fingerprint density at radius 3 is 1.31 bits per heavy atom. The number of hydrogen-bond acceptors (Lipinski definition) is 4. The maximum absolute atomic E-state index is 11.3. The van der Waals surface area contributed by atoms with E-state index in [-0.39, 0.29) is 0 Å². The van der Waals surface area contributed by atoms with Gasteiger partial charge >= 0.3 is 15.6 Å². The van der Waals surface area contributed by atoms with Crippen molar-refractivity contribution in [1.82, 2.24) is 0 Å². The third kappa shape index (κ3) is 14.6. The molecule has 2 N–H and O–H groups in total. The van der Waals surface area contributed by atoms with Crippen LogP contribution in [-0.2, 0) is 20.2 Å². The zero-order valence-corrected chi connectivity index (χ0v) is 20.3. The van der Waals surface area contributed by atoms with E-state index in [9.17, 15) is 26.1 Å². The van der Waals surface area contributed by atoms with E-state index in [0.717, 1.165) is 6.16 Å².